The van der Waals surface area contributed by atoms with Gasteiger partial charge in [-0.2, -0.15) is 13.2 Å². The van der Waals surface area contributed by atoms with Crippen molar-refractivity contribution < 1.29 is 22.7 Å². The Balaban J connectivity index is 3.27. The lowest BCUT2D eigenvalue weighted by atomic mass is 9.99. The molecule has 5 heteroatoms. The minimum absolute atomic E-state index is 0.241. The molecule has 0 saturated heterocycles. The molecule has 1 unspecified atom stereocenters. The van der Waals surface area contributed by atoms with Crippen molar-refractivity contribution in [2.24, 2.45) is 0 Å². The van der Waals surface area contributed by atoms with Crippen molar-refractivity contribution in [3.8, 4) is 5.75 Å². The maximum atomic E-state index is 12.6. The summed E-state index contributed by atoms with van der Waals surface area (Å²) in [5, 5.41) is 0. The number of carbonyl (C=O) groups is 1. The molecule has 0 aromatic heterocycles. The predicted molar refractivity (Wildman–Crippen MR) is 52.5 cm³/mol. The van der Waals surface area contributed by atoms with Crippen LogP contribution in [0.5, 0.6) is 5.75 Å². The highest BCUT2D eigenvalue weighted by Crippen LogP contribution is 2.37. The van der Waals surface area contributed by atoms with E-state index < -0.39 is 17.7 Å². The first-order valence-corrected chi connectivity index (χ1v) is 4.60. The smallest absolute Gasteiger partial charge is 0.419 e. The summed E-state index contributed by atoms with van der Waals surface area (Å²) < 4.78 is 42.5. The third-order valence-corrected chi connectivity index (χ3v) is 2.26. The molecule has 88 valence electrons. The van der Waals surface area contributed by atoms with Crippen LogP contribution in [0.4, 0.5) is 13.2 Å². The molecule has 0 radical (unpaired) electrons. The van der Waals surface area contributed by atoms with E-state index in [9.17, 15) is 18.0 Å². The van der Waals surface area contributed by atoms with E-state index in [1.165, 1.54) is 26.2 Å². The number of rotatable bonds is 3. The van der Waals surface area contributed by atoms with Gasteiger partial charge in [-0.1, -0.05) is 13.0 Å². The lowest BCUT2D eigenvalue weighted by Crippen LogP contribution is -2.09. The highest BCUT2D eigenvalue weighted by molar-refractivity contribution is 5.62. The number of halogens is 3. The van der Waals surface area contributed by atoms with E-state index >= 15 is 0 Å². The summed E-state index contributed by atoms with van der Waals surface area (Å²) in [4.78, 5) is 10.5. The molecule has 0 aliphatic carbocycles. The molecule has 0 bridgehead atoms. The molecule has 1 atom stereocenters. The number of hydrogen-bond donors (Lipinski definition) is 0. The third-order valence-electron chi connectivity index (χ3n) is 2.26. The Hall–Kier alpha value is -1.52. The van der Waals surface area contributed by atoms with Crippen molar-refractivity contribution in [3.63, 3.8) is 0 Å². The van der Waals surface area contributed by atoms with Gasteiger partial charge in [0.05, 0.1) is 12.7 Å². The lowest BCUT2D eigenvalue weighted by Gasteiger charge is -2.14. The van der Waals surface area contributed by atoms with Gasteiger partial charge in [-0.05, 0) is 17.7 Å². The van der Waals surface area contributed by atoms with Crippen LogP contribution >= 0.6 is 0 Å². The number of carbonyl (C=O) groups excluding carboxylic acids is 1. The molecule has 1 aromatic carbocycles. The van der Waals surface area contributed by atoms with E-state index in [-0.39, 0.29) is 5.75 Å². The summed E-state index contributed by atoms with van der Waals surface area (Å²) in [6, 6.07) is 3.61. The lowest BCUT2D eigenvalue weighted by molar-refractivity contribution is -0.138. The second kappa shape index (κ2) is 4.55. The molecule has 1 rings (SSSR count). The molecule has 16 heavy (non-hydrogen) atoms. The Labute approximate surface area is 91.0 Å². The maximum Gasteiger partial charge on any atom is 0.419 e. The SMILES string of the molecule is COc1ccc(C(C)C=O)cc1C(F)(F)F. The van der Waals surface area contributed by atoms with Crippen LogP contribution < -0.4 is 4.74 Å². The van der Waals surface area contributed by atoms with E-state index in [0.717, 1.165) is 6.07 Å². The monoisotopic (exact) mass is 232 g/mol. The van der Waals surface area contributed by atoms with Crippen LogP contribution in [-0.2, 0) is 11.0 Å². The topological polar surface area (TPSA) is 26.3 Å². The standard InChI is InChI=1S/C11H11F3O2/c1-7(6-15)8-3-4-10(16-2)9(5-8)11(12,13)14/h3-7H,1-2H3. The van der Waals surface area contributed by atoms with E-state index in [1.807, 2.05) is 0 Å². The van der Waals surface area contributed by atoms with Crippen LogP contribution in [0.25, 0.3) is 0 Å². The first-order chi connectivity index (χ1) is 7.40. The normalized spacial score (nSPS) is 13.3. The molecule has 0 spiro atoms. The summed E-state index contributed by atoms with van der Waals surface area (Å²) in [6.07, 6.45) is -3.88. The van der Waals surface area contributed by atoms with Gasteiger partial charge in [-0.3, -0.25) is 0 Å². The average molecular weight is 232 g/mol. The summed E-state index contributed by atoms with van der Waals surface area (Å²) in [5.41, 5.74) is -0.538. The highest BCUT2D eigenvalue weighted by Gasteiger charge is 2.34. The van der Waals surface area contributed by atoms with Crippen molar-refractivity contribution in [1.29, 1.82) is 0 Å². The number of ether oxygens (including phenoxy) is 1. The number of hydrogen-bond acceptors (Lipinski definition) is 2. The molecule has 1 aromatic rings. The Morgan fingerprint density at radius 1 is 1.38 bits per heavy atom. The van der Waals surface area contributed by atoms with Crippen LogP contribution in [0.2, 0.25) is 0 Å². The van der Waals surface area contributed by atoms with Crippen LogP contribution in [-0.4, -0.2) is 13.4 Å². The van der Waals surface area contributed by atoms with Crippen molar-refractivity contribution in [2.75, 3.05) is 7.11 Å². The first kappa shape index (κ1) is 12.5. The Morgan fingerprint density at radius 3 is 2.44 bits per heavy atom. The molecule has 0 heterocycles. The molecule has 0 N–H and O–H groups in total. The van der Waals surface area contributed by atoms with Gasteiger partial charge in [-0.15, -0.1) is 0 Å². The number of methoxy groups -OCH3 is 1. The maximum absolute atomic E-state index is 12.6. The summed E-state index contributed by atoms with van der Waals surface area (Å²) in [5.74, 6) is -0.804. The zero-order valence-electron chi connectivity index (χ0n) is 8.84. The molecular formula is C11H11F3O2. The van der Waals surface area contributed by atoms with Crippen LogP contribution in [0.1, 0.15) is 24.0 Å². The summed E-state index contributed by atoms with van der Waals surface area (Å²) in [6.45, 7) is 1.54. The molecule has 2 nitrogen and oxygen atoms in total. The second-order valence-electron chi connectivity index (χ2n) is 3.38. The molecule has 0 fully saturated rings. The van der Waals surface area contributed by atoms with Crippen molar-refractivity contribution in [3.05, 3.63) is 29.3 Å². The van der Waals surface area contributed by atoms with E-state index in [2.05, 4.69) is 4.74 Å². The molecule has 0 aliphatic heterocycles. The molecule has 0 amide bonds. The van der Waals surface area contributed by atoms with Gasteiger partial charge in [0, 0.05) is 5.92 Å². The fourth-order valence-corrected chi connectivity index (χ4v) is 1.31. The average Bonchev–Trinajstić information content (AvgIpc) is 2.26. The minimum Gasteiger partial charge on any atom is -0.496 e. The predicted octanol–water partition coefficient (Wildman–Crippen LogP) is 3.02. The summed E-state index contributed by atoms with van der Waals surface area (Å²) in [7, 11) is 1.17. The molecular weight excluding hydrogens is 221 g/mol. The number of benzene rings is 1. The Kier molecular flexibility index (Phi) is 3.57. The zero-order chi connectivity index (χ0) is 12.3. The Morgan fingerprint density at radius 2 is 2.00 bits per heavy atom. The number of alkyl halides is 3. The van der Waals surface area contributed by atoms with Crippen molar-refractivity contribution >= 4 is 6.29 Å². The fraction of sp³-hybridized carbons (Fsp3) is 0.364. The summed E-state index contributed by atoms with van der Waals surface area (Å²) >= 11 is 0. The van der Waals surface area contributed by atoms with Gasteiger partial charge in [0.2, 0.25) is 0 Å². The minimum atomic E-state index is -4.48. The van der Waals surface area contributed by atoms with Crippen molar-refractivity contribution in [2.45, 2.75) is 19.0 Å². The van der Waals surface area contributed by atoms with E-state index in [1.54, 1.807) is 0 Å². The fourth-order valence-electron chi connectivity index (χ4n) is 1.31. The van der Waals surface area contributed by atoms with Gasteiger partial charge in [0.25, 0.3) is 0 Å². The molecule has 0 saturated carbocycles. The van der Waals surface area contributed by atoms with Crippen molar-refractivity contribution in [1.82, 2.24) is 0 Å². The Bertz CT molecular complexity index is 385. The van der Waals surface area contributed by atoms with Gasteiger partial charge < -0.3 is 9.53 Å². The zero-order valence-corrected chi connectivity index (χ0v) is 8.84. The van der Waals surface area contributed by atoms with Gasteiger partial charge in [0.1, 0.15) is 12.0 Å². The van der Waals surface area contributed by atoms with E-state index in [4.69, 9.17) is 0 Å². The first-order valence-electron chi connectivity index (χ1n) is 4.60. The van der Waals surface area contributed by atoms with Crippen LogP contribution in [0.3, 0.4) is 0 Å². The third kappa shape index (κ3) is 2.53. The quantitative estimate of drug-likeness (QED) is 0.749. The molecule has 0 aliphatic rings. The van der Waals surface area contributed by atoms with Gasteiger partial charge >= 0.3 is 6.18 Å². The van der Waals surface area contributed by atoms with Crippen LogP contribution in [0, 0.1) is 0 Å². The largest absolute Gasteiger partial charge is 0.496 e. The number of aldehydes is 1. The van der Waals surface area contributed by atoms with Gasteiger partial charge in [-0.25, -0.2) is 0 Å². The second-order valence-corrected chi connectivity index (χ2v) is 3.38. The highest BCUT2D eigenvalue weighted by atomic mass is 19.4. The van der Waals surface area contributed by atoms with E-state index in [0.29, 0.717) is 11.8 Å². The van der Waals surface area contributed by atoms with Gasteiger partial charge in [0.15, 0.2) is 0 Å². The van der Waals surface area contributed by atoms with Crippen LogP contribution in [0.15, 0.2) is 18.2 Å².